The van der Waals surface area contributed by atoms with Crippen molar-refractivity contribution in [2.45, 2.75) is 6.61 Å². The Bertz CT molecular complexity index is 1330. The van der Waals surface area contributed by atoms with E-state index in [4.69, 9.17) is 32.7 Å². The molecule has 0 aliphatic carbocycles. The van der Waals surface area contributed by atoms with Crippen LogP contribution in [-0.4, -0.2) is 29.2 Å². The van der Waals surface area contributed by atoms with E-state index in [2.05, 4.69) is 31.9 Å². The Balaban J connectivity index is 1.41. The SMILES string of the molecule is O=C1S/C(=C\c2cc(Br)c(OCc3ccc(Cl)cc3Cl)c(Br)c2)C(=O)N1CCOc1ccc(F)cc1. The van der Waals surface area contributed by atoms with Gasteiger partial charge in [-0.25, -0.2) is 4.39 Å². The monoisotopic (exact) mass is 673 g/mol. The maximum atomic E-state index is 13.0. The molecular formula is C25H16Br2Cl2FNO4S. The summed E-state index contributed by atoms with van der Waals surface area (Å²) in [5, 5.41) is 0.664. The smallest absolute Gasteiger partial charge is 0.293 e. The number of rotatable bonds is 8. The predicted octanol–water partition coefficient (Wildman–Crippen LogP) is 8.35. The molecule has 1 fully saturated rings. The van der Waals surface area contributed by atoms with Crippen molar-refractivity contribution in [3.05, 3.63) is 95.4 Å². The molecule has 0 saturated carbocycles. The van der Waals surface area contributed by atoms with E-state index >= 15 is 0 Å². The Hall–Kier alpha value is -2.04. The summed E-state index contributed by atoms with van der Waals surface area (Å²) in [7, 11) is 0. The zero-order chi connectivity index (χ0) is 25.8. The third-order valence-corrected chi connectivity index (χ3v) is 7.65. The molecule has 4 rings (SSSR count). The number of thioether (sulfide) groups is 1. The lowest BCUT2D eigenvalue weighted by Gasteiger charge is -2.13. The number of benzene rings is 3. The molecular weight excluding hydrogens is 660 g/mol. The summed E-state index contributed by atoms with van der Waals surface area (Å²) in [6.45, 7) is 0.399. The van der Waals surface area contributed by atoms with Gasteiger partial charge >= 0.3 is 0 Å². The quantitative estimate of drug-likeness (QED) is 0.225. The van der Waals surface area contributed by atoms with E-state index in [1.54, 1.807) is 36.4 Å². The zero-order valence-corrected chi connectivity index (χ0v) is 23.8. The molecule has 0 aromatic heterocycles. The normalized spacial score (nSPS) is 14.6. The first-order chi connectivity index (χ1) is 17.2. The Morgan fingerprint density at radius 2 is 1.67 bits per heavy atom. The highest BCUT2D eigenvalue weighted by atomic mass is 79.9. The molecule has 1 aliphatic rings. The van der Waals surface area contributed by atoms with Gasteiger partial charge in [-0.15, -0.1) is 0 Å². The van der Waals surface area contributed by atoms with Gasteiger partial charge in [-0.3, -0.25) is 14.5 Å². The van der Waals surface area contributed by atoms with Crippen LogP contribution in [0.4, 0.5) is 9.18 Å². The Morgan fingerprint density at radius 1 is 0.972 bits per heavy atom. The fourth-order valence-electron chi connectivity index (χ4n) is 3.22. The molecule has 36 heavy (non-hydrogen) atoms. The Labute approximate surface area is 237 Å². The first-order valence-electron chi connectivity index (χ1n) is 10.4. The van der Waals surface area contributed by atoms with Crippen LogP contribution in [0.2, 0.25) is 10.0 Å². The highest BCUT2D eigenvalue weighted by molar-refractivity contribution is 9.11. The summed E-state index contributed by atoms with van der Waals surface area (Å²) in [5.74, 6) is 0.235. The minimum atomic E-state index is -0.405. The Morgan fingerprint density at radius 3 is 2.33 bits per heavy atom. The van der Waals surface area contributed by atoms with Gasteiger partial charge in [0.2, 0.25) is 0 Å². The molecule has 3 aromatic rings. The van der Waals surface area contributed by atoms with Gasteiger partial charge in [0.05, 0.1) is 20.4 Å². The van der Waals surface area contributed by atoms with Crippen molar-refractivity contribution in [1.82, 2.24) is 4.90 Å². The molecule has 1 aliphatic heterocycles. The number of amides is 2. The number of carbonyl (C=O) groups is 2. The van der Waals surface area contributed by atoms with Crippen LogP contribution < -0.4 is 9.47 Å². The maximum absolute atomic E-state index is 13.0. The van der Waals surface area contributed by atoms with Crippen LogP contribution in [0.5, 0.6) is 11.5 Å². The molecule has 0 atom stereocenters. The summed E-state index contributed by atoms with van der Waals surface area (Å²) >= 11 is 20.0. The topological polar surface area (TPSA) is 55.8 Å². The molecule has 186 valence electrons. The fourth-order valence-corrected chi connectivity index (χ4v) is 6.00. The molecule has 2 amide bonds. The highest BCUT2D eigenvalue weighted by Crippen LogP contribution is 2.38. The second-order valence-corrected chi connectivity index (χ2v) is 11.0. The van der Waals surface area contributed by atoms with Crippen molar-refractivity contribution < 1.29 is 23.5 Å². The van der Waals surface area contributed by atoms with Crippen molar-refractivity contribution in [1.29, 1.82) is 0 Å². The van der Waals surface area contributed by atoms with E-state index in [0.717, 1.165) is 22.2 Å². The fraction of sp³-hybridized carbons (Fsp3) is 0.120. The molecule has 0 unspecified atom stereocenters. The number of hydrogen-bond donors (Lipinski definition) is 0. The van der Waals surface area contributed by atoms with Gasteiger partial charge in [-0.05, 0) is 104 Å². The number of hydrogen-bond acceptors (Lipinski definition) is 5. The molecule has 5 nitrogen and oxygen atoms in total. The van der Waals surface area contributed by atoms with Gasteiger partial charge in [0.15, 0.2) is 0 Å². The van der Waals surface area contributed by atoms with E-state index in [-0.39, 0.29) is 30.8 Å². The van der Waals surface area contributed by atoms with Crippen LogP contribution in [0.1, 0.15) is 11.1 Å². The molecule has 0 spiro atoms. The average molecular weight is 676 g/mol. The van der Waals surface area contributed by atoms with E-state index in [0.29, 0.717) is 41.0 Å². The molecule has 1 saturated heterocycles. The van der Waals surface area contributed by atoms with Gasteiger partial charge in [0.1, 0.15) is 30.5 Å². The second-order valence-electron chi connectivity index (χ2n) is 7.47. The molecule has 1 heterocycles. The summed E-state index contributed by atoms with van der Waals surface area (Å²) in [6, 6.07) is 14.3. The van der Waals surface area contributed by atoms with Gasteiger partial charge in [-0.2, -0.15) is 0 Å². The summed E-state index contributed by atoms with van der Waals surface area (Å²) < 4.78 is 25.7. The number of carbonyl (C=O) groups excluding carboxylic acids is 2. The van der Waals surface area contributed by atoms with Crippen molar-refractivity contribution in [3.63, 3.8) is 0 Å². The minimum Gasteiger partial charge on any atom is -0.492 e. The van der Waals surface area contributed by atoms with Crippen molar-refractivity contribution in [2.24, 2.45) is 0 Å². The highest BCUT2D eigenvalue weighted by Gasteiger charge is 2.34. The predicted molar refractivity (Wildman–Crippen MR) is 147 cm³/mol. The molecule has 0 bridgehead atoms. The Kier molecular flexibility index (Phi) is 9.00. The number of ether oxygens (including phenoxy) is 2. The van der Waals surface area contributed by atoms with Crippen LogP contribution in [-0.2, 0) is 11.4 Å². The first kappa shape index (κ1) is 27.0. The standard InChI is InChI=1S/C25H16Br2Cl2FNO4S/c26-19-9-14(10-20(27)23(19)35-13-15-1-2-16(28)12-21(15)29)11-22-24(32)31(25(33)36-22)7-8-34-18-5-3-17(30)4-6-18/h1-6,9-12H,7-8,13H2/b22-11-. The third kappa shape index (κ3) is 6.63. The maximum Gasteiger partial charge on any atom is 0.293 e. The van der Waals surface area contributed by atoms with Gasteiger partial charge in [0, 0.05) is 15.6 Å². The molecule has 0 N–H and O–H groups in total. The van der Waals surface area contributed by atoms with Crippen molar-refractivity contribution >= 4 is 84.0 Å². The van der Waals surface area contributed by atoms with E-state index < -0.39 is 5.91 Å². The number of halogens is 5. The second kappa shape index (κ2) is 12.0. The van der Waals surface area contributed by atoms with Crippen molar-refractivity contribution in [2.75, 3.05) is 13.2 Å². The minimum absolute atomic E-state index is 0.0762. The first-order valence-corrected chi connectivity index (χ1v) is 13.6. The van der Waals surface area contributed by atoms with Crippen molar-refractivity contribution in [3.8, 4) is 11.5 Å². The number of nitrogens with zero attached hydrogens (tertiary/aromatic N) is 1. The van der Waals surface area contributed by atoms with Crippen LogP contribution in [0, 0.1) is 5.82 Å². The zero-order valence-electron chi connectivity index (χ0n) is 18.3. The summed E-state index contributed by atoms with van der Waals surface area (Å²) in [5.41, 5.74) is 1.47. The summed E-state index contributed by atoms with van der Waals surface area (Å²) in [4.78, 5) is 26.6. The molecule has 0 radical (unpaired) electrons. The van der Waals surface area contributed by atoms with Gasteiger partial charge < -0.3 is 9.47 Å². The third-order valence-electron chi connectivity index (χ3n) is 4.98. The number of imide groups is 1. The van der Waals surface area contributed by atoms with Gasteiger partial charge in [0.25, 0.3) is 11.1 Å². The largest absolute Gasteiger partial charge is 0.492 e. The van der Waals surface area contributed by atoms with E-state index in [9.17, 15) is 14.0 Å². The van der Waals surface area contributed by atoms with Crippen LogP contribution in [0.15, 0.2) is 68.4 Å². The van der Waals surface area contributed by atoms with Gasteiger partial charge in [-0.1, -0.05) is 29.3 Å². The lowest BCUT2D eigenvalue weighted by atomic mass is 10.2. The molecule has 3 aromatic carbocycles. The summed E-state index contributed by atoms with van der Waals surface area (Å²) in [6.07, 6.45) is 1.64. The lowest BCUT2D eigenvalue weighted by Crippen LogP contribution is -2.32. The van der Waals surface area contributed by atoms with Crippen LogP contribution >= 0.6 is 66.8 Å². The van der Waals surface area contributed by atoms with E-state index in [1.165, 1.54) is 24.3 Å². The lowest BCUT2D eigenvalue weighted by molar-refractivity contribution is -0.123. The van der Waals surface area contributed by atoms with Crippen LogP contribution in [0.3, 0.4) is 0 Å². The van der Waals surface area contributed by atoms with Crippen LogP contribution in [0.25, 0.3) is 6.08 Å². The van der Waals surface area contributed by atoms with E-state index in [1.807, 2.05) is 0 Å². The average Bonchev–Trinajstić information content (AvgIpc) is 3.08. The molecule has 11 heteroatoms.